The molecule has 0 saturated carbocycles. The molecule has 1 amide bonds. The lowest BCUT2D eigenvalue weighted by Gasteiger charge is -1.97. The standard InChI is InChI=1S/C6H14N2OS/c1-8-3-5-10-4-2-6(7)9/h8H,2-5H2,1H3,(H2,7,9). The van der Waals surface area contributed by atoms with Crippen molar-refractivity contribution in [2.75, 3.05) is 25.1 Å². The Hall–Kier alpha value is -0.220. The van der Waals surface area contributed by atoms with Gasteiger partial charge in [-0.05, 0) is 7.05 Å². The molecule has 0 rings (SSSR count). The largest absolute Gasteiger partial charge is 0.370 e. The third-order valence-electron chi connectivity index (χ3n) is 0.989. The molecular weight excluding hydrogens is 148 g/mol. The smallest absolute Gasteiger partial charge is 0.218 e. The van der Waals surface area contributed by atoms with E-state index < -0.39 is 0 Å². The molecule has 0 aliphatic rings. The summed E-state index contributed by atoms with van der Waals surface area (Å²) in [6, 6.07) is 0. The Kier molecular flexibility index (Phi) is 6.74. The Bertz CT molecular complexity index is 97.7. The van der Waals surface area contributed by atoms with Crippen LogP contribution in [0.2, 0.25) is 0 Å². The first-order valence-electron chi connectivity index (χ1n) is 3.28. The van der Waals surface area contributed by atoms with Gasteiger partial charge in [-0.1, -0.05) is 0 Å². The fourth-order valence-electron chi connectivity index (χ4n) is 0.449. The molecule has 0 aliphatic heterocycles. The number of nitrogens with one attached hydrogen (secondary N) is 1. The zero-order chi connectivity index (χ0) is 7.82. The number of thioether (sulfide) groups is 1. The summed E-state index contributed by atoms with van der Waals surface area (Å²) in [5.74, 6) is 1.68. The highest BCUT2D eigenvalue weighted by Crippen LogP contribution is 1.99. The van der Waals surface area contributed by atoms with E-state index in [1.807, 2.05) is 7.05 Å². The molecule has 3 N–H and O–H groups in total. The van der Waals surface area contributed by atoms with Crippen LogP contribution in [0.3, 0.4) is 0 Å². The molecule has 0 saturated heterocycles. The van der Waals surface area contributed by atoms with Crippen molar-refractivity contribution in [3.8, 4) is 0 Å². The Morgan fingerprint density at radius 3 is 2.80 bits per heavy atom. The lowest BCUT2D eigenvalue weighted by atomic mass is 10.5. The second-order valence-corrected chi connectivity index (χ2v) is 3.16. The summed E-state index contributed by atoms with van der Waals surface area (Å²) in [7, 11) is 1.91. The van der Waals surface area contributed by atoms with Crippen LogP contribution in [0.15, 0.2) is 0 Å². The number of amides is 1. The summed E-state index contributed by atoms with van der Waals surface area (Å²) in [5, 5.41) is 3.02. The van der Waals surface area contributed by atoms with E-state index >= 15 is 0 Å². The molecule has 0 heterocycles. The summed E-state index contributed by atoms with van der Waals surface area (Å²) in [4.78, 5) is 10.2. The molecule has 4 heteroatoms. The van der Waals surface area contributed by atoms with E-state index in [4.69, 9.17) is 5.73 Å². The van der Waals surface area contributed by atoms with Crippen LogP contribution in [0, 0.1) is 0 Å². The van der Waals surface area contributed by atoms with Gasteiger partial charge in [0.15, 0.2) is 0 Å². The summed E-state index contributed by atoms with van der Waals surface area (Å²) >= 11 is 1.74. The lowest BCUT2D eigenvalue weighted by molar-refractivity contribution is -0.117. The van der Waals surface area contributed by atoms with Gasteiger partial charge in [0.25, 0.3) is 0 Å². The van der Waals surface area contributed by atoms with Crippen molar-refractivity contribution in [3.63, 3.8) is 0 Å². The van der Waals surface area contributed by atoms with Gasteiger partial charge >= 0.3 is 0 Å². The molecule has 3 nitrogen and oxygen atoms in total. The van der Waals surface area contributed by atoms with Gasteiger partial charge in [0.2, 0.25) is 5.91 Å². The SMILES string of the molecule is CNCCSCCC(N)=O. The number of carbonyl (C=O) groups is 1. The molecule has 0 bridgehead atoms. The van der Waals surface area contributed by atoms with Crippen LogP contribution >= 0.6 is 11.8 Å². The third kappa shape index (κ3) is 7.78. The van der Waals surface area contributed by atoms with Crippen LogP contribution < -0.4 is 11.1 Å². The van der Waals surface area contributed by atoms with E-state index in [0.717, 1.165) is 18.1 Å². The molecule has 0 aliphatic carbocycles. The lowest BCUT2D eigenvalue weighted by Crippen LogP contribution is -2.13. The first-order valence-corrected chi connectivity index (χ1v) is 4.43. The average Bonchev–Trinajstić information content (AvgIpc) is 1.87. The van der Waals surface area contributed by atoms with Gasteiger partial charge in [-0.15, -0.1) is 0 Å². The highest BCUT2D eigenvalue weighted by atomic mass is 32.2. The molecule has 0 aromatic heterocycles. The Labute approximate surface area is 65.7 Å². The van der Waals surface area contributed by atoms with E-state index in [1.165, 1.54) is 0 Å². The predicted octanol–water partition coefficient (Wildman–Crippen LogP) is -0.186. The maximum Gasteiger partial charge on any atom is 0.218 e. The number of nitrogens with two attached hydrogens (primary N) is 1. The number of rotatable bonds is 6. The van der Waals surface area contributed by atoms with E-state index in [1.54, 1.807) is 11.8 Å². The van der Waals surface area contributed by atoms with Gasteiger partial charge in [0, 0.05) is 24.5 Å². The molecule has 0 unspecified atom stereocenters. The van der Waals surface area contributed by atoms with Crippen LogP contribution in [0.4, 0.5) is 0 Å². The number of carbonyl (C=O) groups excluding carboxylic acids is 1. The minimum Gasteiger partial charge on any atom is -0.370 e. The van der Waals surface area contributed by atoms with Gasteiger partial charge in [-0.2, -0.15) is 11.8 Å². The van der Waals surface area contributed by atoms with E-state index in [0.29, 0.717) is 6.42 Å². The first-order chi connectivity index (χ1) is 4.77. The van der Waals surface area contributed by atoms with Crippen molar-refractivity contribution in [1.82, 2.24) is 5.32 Å². The van der Waals surface area contributed by atoms with Crippen LogP contribution in [-0.4, -0.2) is 31.0 Å². The van der Waals surface area contributed by atoms with Crippen molar-refractivity contribution < 1.29 is 4.79 Å². The fourth-order valence-corrected chi connectivity index (χ4v) is 1.35. The minimum absolute atomic E-state index is 0.211. The molecular formula is C6H14N2OS. The summed E-state index contributed by atoms with van der Waals surface area (Å²) in [5.41, 5.74) is 4.94. The Morgan fingerprint density at radius 2 is 2.30 bits per heavy atom. The minimum atomic E-state index is -0.211. The zero-order valence-electron chi connectivity index (χ0n) is 6.22. The van der Waals surface area contributed by atoms with Gasteiger partial charge in [-0.3, -0.25) is 4.79 Å². The van der Waals surface area contributed by atoms with Crippen molar-refractivity contribution in [3.05, 3.63) is 0 Å². The van der Waals surface area contributed by atoms with Crippen molar-refractivity contribution in [2.24, 2.45) is 5.73 Å². The van der Waals surface area contributed by atoms with E-state index in [-0.39, 0.29) is 5.91 Å². The maximum absolute atomic E-state index is 10.2. The average molecular weight is 162 g/mol. The quantitative estimate of drug-likeness (QED) is 0.532. The second kappa shape index (κ2) is 6.89. The predicted molar refractivity (Wildman–Crippen MR) is 45.1 cm³/mol. The first kappa shape index (κ1) is 9.78. The molecule has 0 radical (unpaired) electrons. The fraction of sp³-hybridized carbons (Fsp3) is 0.833. The number of hydrogen-bond donors (Lipinski definition) is 2. The Morgan fingerprint density at radius 1 is 1.60 bits per heavy atom. The van der Waals surface area contributed by atoms with Crippen LogP contribution in [0.5, 0.6) is 0 Å². The highest BCUT2D eigenvalue weighted by Gasteiger charge is 1.92. The summed E-state index contributed by atoms with van der Waals surface area (Å²) in [6.07, 6.45) is 0.494. The third-order valence-corrected chi connectivity index (χ3v) is 1.97. The Balaban J connectivity index is 2.84. The highest BCUT2D eigenvalue weighted by molar-refractivity contribution is 7.99. The van der Waals surface area contributed by atoms with Crippen LogP contribution in [0.25, 0.3) is 0 Å². The molecule has 60 valence electrons. The van der Waals surface area contributed by atoms with E-state index in [9.17, 15) is 4.79 Å². The van der Waals surface area contributed by atoms with Crippen LogP contribution in [-0.2, 0) is 4.79 Å². The molecule has 0 fully saturated rings. The van der Waals surface area contributed by atoms with Gasteiger partial charge in [0.05, 0.1) is 0 Å². The maximum atomic E-state index is 10.2. The number of hydrogen-bond acceptors (Lipinski definition) is 3. The van der Waals surface area contributed by atoms with Crippen LogP contribution in [0.1, 0.15) is 6.42 Å². The summed E-state index contributed by atoms with van der Waals surface area (Å²) in [6.45, 7) is 0.990. The summed E-state index contributed by atoms with van der Waals surface area (Å²) < 4.78 is 0. The number of primary amides is 1. The molecule has 10 heavy (non-hydrogen) atoms. The van der Waals surface area contributed by atoms with E-state index in [2.05, 4.69) is 5.32 Å². The monoisotopic (exact) mass is 162 g/mol. The normalized spacial score (nSPS) is 9.70. The van der Waals surface area contributed by atoms with Crippen molar-refractivity contribution >= 4 is 17.7 Å². The molecule has 0 aromatic carbocycles. The molecule has 0 spiro atoms. The second-order valence-electron chi connectivity index (χ2n) is 1.93. The molecule has 0 aromatic rings. The van der Waals surface area contributed by atoms with Crippen molar-refractivity contribution in [2.45, 2.75) is 6.42 Å². The van der Waals surface area contributed by atoms with Crippen molar-refractivity contribution in [1.29, 1.82) is 0 Å². The molecule has 0 atom stereocenters. The van der Waals surface area contributed by atoms with Gasteiger partial charge in [-0.25, -0.2) is 0 Å². The topological polar surface area (TPSA) is 55.1 Å². The zero-order valence-corrected chi connectivity index (χ0v) is 7.04. The van der Waals surface area contributed by atoms with Gasteiger partial charge < -0.3 is 11.1 Å². The van der Waals surface area contributed by atoms with Gasteiger partial charge in [0.1, 0.15) is 0 Å².